The zero-order chi connectivity index (χ0) is 12.8. The SMILES string of the molecule is Cc1nnc(Cl)c2cc(Br)c(C(F)(F)F)cc12. The van der Waals surface area contributed by atoms with Crippen LogP contribution in [0, 0.1) is 6.92 Å². The van der Waals surface area contributed by atoms with E-state index in [0.717, 1.165) is 6.07 Å². The summed E-state index contributed by atoms with van der Waals surface area (Å²) < 4.78 is 38.1. The van der Waals surface area contributed by atoms with Gasteiger partial charge in [0.1, 0.15) is 0 Å². The Hall–Kier alpha value is -0.880. The van der Waals surface area contributed by atoms with Gasteiger partial charge in [0.05, 0.1) is 11.3 Å². The quantitative estimate of drug-likeness (QED) is 0.718. The summed E-state index contributed by atoms with van der Waals surface area (Å²) in [5, 5.41) is 8.22. The molecule has 2 aromatic rings. The fourth-order valence-electron chi connectivity index (χ4n) is 1.49. The maximum Gasteiger partial charge on any atom is 0.417 e. The second-order valence-corrected chi connectivity index (χ2v) is 4.66. The molecule has 0 amide bonds. The van der Waals surface area contributed by atoms with E-state index in [1.165, 1.54) is 6.07 Å². The molecule has 0 atom stereocenters. The monoisotopic (exact) mass is 324 g/mol. The van der Waals surface area contributed by atoms with Gasteiger partial charge in [-0.1, -0.05) is 27.5 Å². The minimum absolute atomic E-state index is 0.0631. The van der Waals surface area contributed by atoms with E-state index in [0.29, 0.717) is 16.5 Å². The predicted octanol–water partition coefficient (Wildman–Crippen LogP) is 4.37. The van der Waals surface area contributed by atoms with Crippen LogP contribution in [-0.4, -0.2) is 10.2 Å². The van der Waals surface area contributed by atoms with E-state index >= 15 is 0 Å². The van der Waals surface area contributed by atoms with Gasteiger partial charge < -0.3 is 0 Å². The Kier molecular flexibility index (Phi) is 3.03. The van der Waals surface area contributed by atoms with Crippen molar-refractivity contribution in [2.45, 2.75) is 13.1 Å². The number of rotatable bonds is 0. The second kappa shape index (κ2) is 4.10. The maximum absolute atomic E-state index is 12.7. The van der Waals surface area contributed by atoms with Crippen molar-refractivity contribution in [3.63, 3.8) is 0 Å². The van der Waals surface area contributed by atoms with E-state index in [4.69, 9.17) is 11.6 Å². The minimum atomic E-state index is -4.42. The van der Waals surface area contributed by atoms with Crippen molar-refractivity contribution in [2.75, 3.05) is 0 Å². The standard InChI is InChI=1S/C10H5BrClF3N2/c1-4-5-2-7(10(13,14)15)8(11)3-6(5)9(12)17-16-4/h2-3H,1H3. The molecule has 2 rings (SSSR count). The number of aromatic nitrogens is 2. The Balaban J connectivity index is 2.85. The maximum atomic E-state index is 12.7. The smallest absolute Gasteiger partial charge is 0.166 e. The molecule has 0 aliphatic carbocycles. The van der Waals surface area contributed by atoms with Gasteiger partial charge in [0.15, 0.2) is 5.15 Å². The highest BCUT2D eigenvalue weighted by Crippen LogP contribution is 2.38. The van der Waals surface area contributed by atoms with Crippen molar-refractivity contribution in [1.29, 1.82) is 0 Å². The van der Waals surface area contributed by atoms with E-state index in [1.54, 1.807) is 6.92 Å². The van der Waals surface area contributed by atoms with E-state index in [9.17, 15) is 13.2 Å². The van der Waals surface area contributed by atoms with Crippen molar-refractivity contribution in [1.82, 2.24) is 10.2 Å². The lowest BCUT2D eigenvalue weighted by molar-refractivity contribution is -0.138. The lowest BCUT2D eigenvalue weighted by Gasteiger charge is -2.11. The molecule has 0 saturated heterocycles. The molecule has 2 nitrogen and oxygen atoms in total. The molecular weight excluding hydrogens is 320 g/mol. The first kappa shape index (κ1) is 12.6. The summed E-state index contributed by atoms with van der Waals surface area (Å²) in [5.74, 6) is 0. The molecule has 1 aromatic carbocycles. The average molecular weight is 326 g/mol. The first-order valence-corrected chi connectivity index (χ1v) is 5.67. The molecule has 17 heavy (non-hydrogen) atoms. The summed E-state index contributed by atoms with van der Waals surface area (Å²) in [6, 6.07) is 2.33. The summed E-state index contributed by atoms with van der Waals surface area (Å²) in [6.07, 6.45) is -4.42. The molecule has 1 aromatic heterocycles. The first-order valence-electron chi connectivity index (χ1n) is 4.50. The highest BCUT2D eigenvalue weighted by Gasteiger charge is 2.33. The highest BCUT2D eigenvalue weighted by atomic mass is 79.9. The number of hydrogen-bond acceptors (Lipinski definition) is 2. The molecule has 0 saturated carbocycles. The molecule has 0 fully saturated rings. The fraction of sp³-hybridized carbons (Fsp3) is 0.200. The zero-order valence-corrected chi connectivity index (χ0v) is 10.8. The Bertz CT molecular complexity index is 598. The van der Waals surface area contributed by atoms with Gasteiger partial charge in [-0.15, -0.1) is 5.10 Å². The lowest BCUT2D eigenvalue weighted by atomic mass is 10.1. The number of halogens is 5. The van der Waals surface area contributed by atoms with Gasteiger partial charge in [-0.25, -0.2) is 0 Å². The number of aryl methyl sites for hydroxylation is 1. The molecular formula is C10H5BrClF3N2. The highest BCUT2D eigenvalue weighted by molar-refractivity contribution is 9.10. The molecule has 0 aliphatic rings. The molecule has 0 radical (unpaired) electrons. The second-order valence-electron chi connectivity index (χ2n) is 3.45. The minimum Gasteiger partial charge on any atom is -0.166 e. The summed E-state index contributed by atoms with van der Waals surface area (Å²) in [5.41, 5.74) is -0.348. The van der Waals surface area contributed by atoms with Crippen molar-refractivity contribution >= 4 is 38.3 Å². The van der Waals surface area contributed by atoms with Crippen molar-refractivity contribution in [3.05, 3.63) is 33.0 Å². The van der Waals surface area contributed by atoms with Crippen molar-refractivity contribution in [2.24, 2.45) is 0 Å². The van der Waals surface area contributed by atoms with Crippen LogP contribution in [0.15, 0.2) is 16.6 Å². The molecule has 0 aliphatic heterocycles. The van der Waals surface area contributed by atoms with Crippen LogP contribution in [0.4, 0.5) is 13.2 Å². The summed E-state index contributed by atoms with van der Waals surface area (Å²) in [4.78, 5) is 0. The van der Waals surface area contributed by atoms with Crippen molar-refractivity contribution in [3.8, 4) is 0 Å². The van der Waals surface area contributed by atoms with Crippen LogP contribution in [0.2, 0.25) is 5.15 Å². The topological polar surface area (TPSA) is 25.8 Å². The van der Waals surface area contributed by atoms with Crippen LogP contribution >= 0.6 is 27.5 Å². The van der Waals surface area contributed by atoms with Gasteiger partial charge in [-0.2, -0.15) is 18.3 Å². The van der Waals surface area contributed by atoms with E-state index in [1.807, 2.05) is 0 Å². The molecule has 7 heteroatoms. The fourth-order valence-corrected chi connectivity index (χ4v) is 2.25. The predicted molar refractivity (Wildman–Crippen MR) is 62.0 cm³/mol. The Morgan fingerprint density at radius 1 is 1.18 bits per heavy atom. The Morgan fingerprint density at radius 3 is 2.41 bits per heavy atom. The third-order valence-corrected chi connectivity index (χ3v) is 3.25. The summed E-state index contributed by atoms with van der Waals surface area (Å²) in [6.45, 7) is 1.58. The molecule has 0 spiro atoms. The molecule has 0 bridgehead atoms. The number of nitrogens with zero attached hydrogens (tertiary/aromatic N) is 2. The molecule has 1 heterocycles. The van der Waals surface area contributed by atoms with Gasteiger partial charge in [0.25, 0.3) is 0 Å². The molecule has 0 N–H and O–H groups in total. The largest absolute Gasteiger partial charge is 0.417 e. The van der Waals surface area contributed by atoms with Crippen LogP contribution in [-0.2, 0) is 6.18 Å². The third-order valence-electron chi connectivity index (χ3n) is 2.31. The van der Waals surface area contributed by atoms with Gasteiger partial charge >= 0.3 is 6.18 Å². The van der Waals surface area contributed by atoms with Gasteiger partial charge in [0, 0.05) is 15.2 Å². The van der Waals surface area contributed by atoms with Crippen molar-refractivity contribution < 1.29 is 13.2 Å². The lowest BCUT2D eigenvalue weighted by Crippen LogP contribution is -2.06. The van der Waals surface area contributed by atoms with Crippen LogP contribution in [0.25, 0.3) is 10.8 Å². The Labute approximate surface area is 108 Å². The van der Waals surface area contributed by atoms with Crippen LogP contribution in [0.1, 0.15) is 11.3 Å². The Morgan fingerprint density at radius 2 is 1.82 bits per heavy atom. The number of alkyl halides is 3. The van der Waals surface area contributed by atoms with Gasteiger partial charge in [-0.3, -0.25) is 0 Å². The van der Waals surface area contributed by atoms with E-state index in [-0.39, 0.29) is 9.63 Å². The van der Waals surface area contributed by atoms with Gasteiger partial charge in [-0.05, 0) is 19.1 Å². The normalized spacial score (nSPS) is 12.1. The number of fused-ring (bicyclic) bond motifs is 1. The average Bonchev–Trinajstić information content (AvgIpc) is 2.21. The number of benzene rings is 1. The first-order chi connectivity index (χ1) is 7.80. The summed E-state index contributed by atoms with van der Waals surface area (Å²) in [7, 11) is 0. The van der Waals surface area contributed by atoms with Crippen LogP contribution < -0.4 is 0 Å². The summed E-state index contributed by atoms with van der Waals surface area (Å²) >= 11 is 8.68. The third kappa shape index (κ3) is 2.24. The van der Waals surface area contributed by atoms with Crippen LogP contribution in [0.5, 0.6) is 0 Å². The van der Waals surface area contributed by atoms with E-state index in [2.05, 4.69) is 26.1 Å². The van der Waals surface area contributed by atoms with Crippen LogP contribution in [0.3, 0.4) is 0 Å². The number of hydrogen-bond donors (Lipinski definition) is 0. The van der Waals surface area contributed by atoms with E-state index < -0.39 is 11.7 Å². The molecule has 0 unspecified atom stereocenters. The van der Waals surface area contributed by atoms with Gasteiger partial charge in [0.2, 0.25) is 0 Å². The molecule has 90 valence electrons. The zero-order valence-electron chi connectivity index (χ0n) is 8.44.